The molecule has 1 heterocycles. The molecular weight excluding hydrogens is 236 g/mol. The molecule has 3 rings (SSSR count). The Morgan fingerprint density at radius 1 is 1.05 bits per heavy atom. The van der Waals surface area contributed by atoms with Crippen LogP contribution in [0.2, 0.25) is 0 Å². The number of hydrogen-bond acceptors (Lipinski definition) is 3. The van der Waals surface area contributed by atoms with Crippen LogP contribution in [0.15, 0.2) is 30.6 Å². The monoisotopic (exact) mass is 256 g/mol. The number of benzene rings is 1. The van der Waals surface area contributed by atoms with Gasteiger partial charge >= 0.3 is 0 Å². The number of hydrogen-bond donors (Lipinski definition) is 1. The molecule has 3 nitrogen and oxygen atoms in total. The highest BCUT2D eigenvalue weighted by Crippen LogP contribution is 2.32. The fourth-order valence-electron chi connectivity index (χ4n) is 2.81. The lowest BCUT2D eigenvalue weighted by Gasteiger charge is -2.19. The number of nitrogen functional groups attached to an aromatic ring is 1. The second-order valence-electron chi connectivity index (χ2n) is 5.31. The van der Waals surface area contributed by atoms with Gasteiger partial charge in [0, 0.05) is 23.2 Å². The van der Waals surface area contributed by atoms with E-state index < -0.39 is 0 Å². The summed E-state index contributed by atoms with van der Waals surface area (Å²) in [5.41, 5.74) is 6.96. The van der Waals surface area contributed by atoms with Crippen LogP contribution in [-0.2, 0) is 0 Å². The van der Waals surface area contributed by atoms with E-state index in [0.717, 1.165) is 35.1 Å². The molecule has 0 bridgehead atoms. The fourth-order valence-corrected chi connectivity index (χ4v) is 2.81. The van der Waals surface area contributed by atoms with Crippen LogP contribution < -0.4 is 10.5 Å². The molecule has 1 aromatic carbocycles. The van der Waals surface area contributed by atoms with Gasteiger partial charge in [-0.15, -0.1) is 0 Å². The molecule has 19 heavy (non-hydrogen) atoms. The molecular formula is C16H20N2O. The van der Waals surface area contributed by atoms with E-state index in [2.05, 4.69) is 4.98 Å². The van der Waals surface area contributed by atoms with Crippen molar-refractivity contribution in [1.29, 1.82) is 0 Å². The summed E-state index contributed by atoms with van der Waals surface area (Å²) in [4.78, 5) is 4.12. The summed E-state index contributed by atoms with van der Waals surface area (Å²) in [6, 6.07) is 5.96. The topological polar surface area (TPSA) is 48.1 Å². The third kappa shape index (κ3) is 2.65. The van der Waals surface area contributed by atoms with Crippen molar-refractivity contribution in [2.45, 2.75) is 44.6 Å². The molecule has 0 aliphatic heterocycles. The molecule has 0 amide bonds. The Hall–Kier alpha value is -1.77. The van der Waals surface area contributed by atoms with Crippen LogP contribution in [0.3, 0.4) is 0 Å². The van der Waals surface area contributed by atoms with Crippen molar-refractivity contribution in [2.24, 2.45) is 0 Å². The van der Waals surface area contributed by atoms with Crippen molar-refractivity contribution in [3.63, 3.8) is 0 Å². The number of aromatic nitrogens is 1. The van der Waals surface area contributed by atoms with E-state index in [1.165, 1.54) is 25.7 Å². The molecule has 1 saturated carbocycles. The van der Waals surface area contributed by atoms with Gasteiger partial charge in [0.15, 0.2) is 0 Å². The first-order valence-electron chi connectivity index (χ1n) is 7.13. The molecule has 1 aromatic heterocycles. The average molecular weight is 256 g/mol. The zero-order valence-corrected chi connectivity index (χ0v) is 11.1. The number of nitrogens with two attached hydrogens (primary N) is 1. The van der Waals surface area contributed by atoms with Crippen molar-refractivity contribution in [2.75, 3.05) is 5.73 Å². The van der Waals surface area contributed by atoms with Crippen molar-refractivity contribution in [3.05, 3.63) is 30.6 Å². The highest BCUT2D eigenvalue weighted by Gasteiger charge is 2.15. The highest BCUT2D eigenvalue weighted by molar-refractivity contribution is 5.95. The first-order chi connectivity index (χ1) is 9.34. The van der Waals surface area contributed by atoms with Gasteiger partial charge in [-0.1, -0.05) is 12.8 Å². The number of nitrogens with zero attached hydrogens (tertiary/aromatic N) is 1. The Labute approximate surface area is 113 Å². The van der Waals surface area contributed by atoms with Crippen LogP contribution in [0, 0.1) is 0 Å². The molecule has 2 N–H and O–H groups in total. The average Bonchev–Trinajstić information content (AvgIpc) is 2.71. The molecule has 0 spiro atoms. The van der Waals surface area contributed by atoms with Crippen molar-refractivity contribution in [3.8, 4) is 5.75 Å². The van der Waals surface area contributed by atoms with Gasteiger partial charge in [0.1, 0.15) is 5.75 Å². The van der Waals surface area contributed by atoms with Gasteiger partial charge in [0.25, 0.3) is 0 Å². The van der Waals surface area contributed by atoms with Gasteiger partial charge in [0.2, 0.25) is 0 Å². The summed E-state index contributed by atoms with van der Waals surface area (Å²) < 4.78 is 6.13. The van der Waals surface area contributed by atoms with E-state index in [1.54, 1.807) is 6.20 Å². The number of fused-ring (bicyclic) bond motifs is 1. The van der Waals surface area contributed by atoms with Crippen LogP contribution in [0.4, 0.5) is 5.69 Å². The number of ether oxygens (including phenoxy) is 1. The van der Waals surface area contributed by atoms with E-state index >= 15 is 0 Å². The summed E-state index contributed by atoms with van der Waals surface area (Å²) in [6.07, 6.45) is 11.4. The van der Waals surface area contributed by atoms with Crippen molar-refractivity contribution in [1.82, 2.24) is 4.98 Å². The number of pyridine rings is 1. The van der Waals surface area contributed by atoms with E-state index in [9.17, 15) is 0 Å². The minimum absolute atomic E-state index is 0.323. The molecule has 1 aliphatic carbocycles. The Morgan fingerprint density at radius 2 is 1.84 bits per heavy atom. The summed E-state index contributed by atoms with van der Waals surface area (Å²) in [7, 11) is 0. The maximum atomic E-state index is 6.22. The van der Waals surface area contributed by atoms with Gasteiger partial charge in [-0.2, -0.15) is 0 Å². The molecule has 100 valence electrons. The zero-order valence-electron chi connectivity index (χ0n) is 11.1. The third-order valence-electron chi connectivity index (χ3n) is 3.92. The SMILES string of the molecule is Nc1c(OC2CCCCCC2)ccc2cnccc12. The zero-order chi connectivity index (χ0) is 13.1. The van der Waals surface area contributed by atoms with Crippen molar-refractivity contribution < 1.29 is 4.74 Å². The first-order valence-corrected chi connectivity index (χ1v) is 7.13. The van der Waals surface area contributed by atoms with Crippen LogP contribution in [-0.4, -0.2) is 11.1 Å². The molecule has 0 unspecified atom stereocenters. The van der Waals surface area contributed by atoms with Crippen LogP contribution in [0.1, 0.15) is 38.5 Å². The normalized spacial score (nSPS) is 17.3. The minimum atomic E-state index is 0.323. The summed E-state index contributed by atoms with van der Waals surface area (Å²) in [6.45, 7) is 0. The van der Waals surface area contributed by atoms with Gasteiger partial charge in [0.05, 0.1) is 11.8 Å². The van der Waals surface area contributed by atoms with Gasteiger partial charge in [-0.3, -0.25) is 4.98 Å². The van der Waals surface area contributed by atoms with E-state index in [4.69, 9.17) is 10.5 Å². The molecule has 1 aliphatic rings. The predicted octanol–water partition coefficient (Wildman–Crippen LogP) is 3.92. The van der Waals surface area contributed by atoms with Crippen molar-refractivity contribution >= 4 is 16.5 Å². The second-order valence-corrected chi connectivity index (χ2v) is 5.31. The predicted molar refractivity (Wildman–Crippen MR) is 78.3 cm³/mol. The third-order valence-corrected chi connectivity index (χ3v) is 3.92. The Kier molecular flexibility index (Phi) is 3.53. The van der Waals surface area contributed by atoms with Crippen LogP contribution >= 0.6 is 0 Å². The fraction of sp³-hybridized carbons (Fsp3) is 0.438. The smallest absolute Gasteiger partial charge is 0.143 e. The lowest BCUT2D eigenvalue weighted by molar-refractivity contribution is 0.185. The van der Waals surface area contributed by atoms with Crippen LogP contribution in [0.25, 0.3) is 10.8 Å². The quantitative estimate of drug-likeness (QED) is 0.654. The summed E-state index contributed by atoms with van der Waals surface area (Å²) in [5.74, 6) is 0.825. The molecule has 3 heteroatoms. The van der Waals surface area contributed by atoms with Gasteiger partial charge in [-0.05, 0) is 43.9 Å². The van der Waals surface area contributed by atoms with Gasteiger partial charge in [-0.25, -0.2) is 0 Å². The maximum absolute atomic E-state index is 6.22. The second kappa shape index (κ2) is 5.47. The first kappa shape index (κ1) is 12.3. The number of anilines is 1. The van der Waals surface area contributed by atoms with Crippen LogP contribution in [0.5, 0.6) is 5.75 Å². The molecule has 0 atom stereocenters. The van der Waals surface area contributed by atoms with E-state index in [1.807, 2.05) is 24.4 Å². The molecule has 2 aromatic rings. The minimum Gasteiger partial charge on any atom is -0.488 e. The summed E-state index contributed by atoms with van der Waals surface area (Å²) in [5, 5.41) is 2.09. The molecule has 0 radical (unpaired) electrons. The highest BCUT2D eigenvalue weighted by atomic mass is 16.5. The van der Waals surface area contributed by atoms with E-state index in [-0.39, 0.29) is 0 Å². The molecule has 0 saturated heterocycles. The lowest BCUT2D eigenvalue weighted by Crippen LogP contribution is -2.16. The van der Waals surface area contributed by atoms with Gasteiger partial charge < -0.3 is 10.5 Å². The Balaban J connectivity index is 1.86. The molecule has 1 fully saturated rings. The summed E-state index contributed by atoms with van der Waals surface area (Å²) >= 11 is 0. The maximum Gasteiger partial charge on any atom is 0.143 e. The Morgan fingerprint density at radius 3 is 2.63 bits per heavy atom. The van der Waals surface area contributed by atoms with E-state index in [0.29, 0.717) is 6.10 Å². The Bertz CT molecular complexity index is 560. The number of rotatable bonds is 2. The lowest BCUT2D eigenvalue weighted by atomic mass is 10.1. The largest absolute Gasteiger partial charge is 0.488 e. The standard InChI is InChI=1S/C16H20N2O/c17-16-14-9-10-18-11-12(14)7-8-15(16)19-13-5-3-1-2-4-6-13/h7-11,13H,1-6,17H2.